The van der Waals surface area contributed by atoms with E-state index < -0.39 is 6.26 Å². The summed E-state index contributed by atoms with van der Waals surface area (Å²) in [5.41, 5.74) is 0. The second-order valence-electron chi connectivity index (χ2n) is 1.08. The van der Waals surface area contributed by atoms with Crippen molar-refractivity contribution in [2.75, 3.05) is 0 Å². The fourth-order valence-corrected chi connectivity index (χ4v) is 0.846. The van der Waals surface area contributed by atoms with E-state index >= 15 is 0 Å². The number of carbonyl (C=O) groups is 1. The number of aldehydes is 1. The summed E-state index contributed by atoms with van der Waals surface area (Å²) in [4.78, 5) is 10.7. The third kappa shape index (κ3) is 0.871. The van der Waals surface area contributed by atoms with Gasteiger partial charge in [0.1, 0.15) is 1.37 Å². The van der Waals surface area contributed by atoms with Crippen LogP contribution in [0.5, 0.6) is 0 Å². The van der Waals surface area contributed by atoms with Crippen LogP contribution >= 0.6 is 11.3 Å². The predicted molar refractivity (Wildman–Crippen MR) is 29.7 cm³/mol. The molecule has 0 N–H and O–H groups in total. The van der Waals surface area contributed by atoms with Crippen LogP contribution in [0.4, 0.5) is 0 Å². The summed E-state index contributed by atoms with van der Waals surface area (Å²) in [6.45, 7) is 0. The van der Waals surface area contributed by atoms with Gasteiger partial charge in [0, 0.05) is 0 Å². The van der Waals surface area contributed by atoms with Crippen molar-refractivity contribution >= 4 is 17.6 Å². The molecule has 0 saturated carbocycles. The van der Waals surface area contributed by atoms with E-state index in [2.05, 4.69) is 0 Å². The molecular formula is C5H4OS. The Morgan fingerprint density at radius 3 is 3.14 bits per heavy atom. The van der Waals surface area contributed by atoms with Gasteiger partial charge < -0.3 is 0 Å². The Bertz CT molecular complexity index is 180. The maximum Gasteiger partial charge on any atom is 0.159 e. The molecular weight excluding hydrogens is 108 g/mol. The predicted octanol–water partition coefficient (Wildman–Crippen LogP) is 1.56. The summed E-state index contributed by atoms with van der Waals surface area (Å²) >= 11 is 1.29. The molecule has 1 heterocycles. The van der Waals surface area contributed by atoms with E-state index in [4.69, 9.17) is 1.37 Å². The number of carbonyl (C=O) groups excluding carboxylic acids is 1. The highest BCUT2D eigenvalue weighted by Crippen LogP contribution is 2.02. The zero-order valence-electron chi connectivity index (χ0n) is 4.55. The molecule has 0 aliphatic rings. The summed E-state index contributed by atoms with van der Waals surface area (Å²) < 4.78 is 6.61. The van der Waals surface area contributed by atoms with E-state index in [0.717, 1.165) is 0 Å². The average molecular weight is 113 g/mol. The zero-order valence-corrected chi connectivity index (χ0v) is 4.37. The highest BCUT2D eigenvalue weighted by atomic mass is 32.1. The summed E-state index contributed by atoms with van der Waals surface area (Å²) in [5.74, 6) is 0. The molecule has 0 atom stereocenters. The molecule has 1 aromatic heterocycles. The van der Waals surface area contributed by atoms with Crippen molar-refractivity contribution in [3.05, 3.63) is 22.4 Å². The quantitative estimate of drug-likeness (QED) is 0.505. The molecule has 2 heteroatoms. The van der Waals surface area contributed by atoms with E-state index in [1.54, 1.807) is 17.5 Å². The summed E-state index contributed by atoms with van der Waals surface area (Å²) in [6.07, 6.45) is -0.597. The van der Waals surface area contributed by atoms with Crippen molar-refractivity contribution in [3.8, 4) is 0 Å². The lowest BCUT2D eigenvalue weighted by atomic mass is 10.5. The first kappa shape index (κ1) is 3.38. The van der Waals surface area contributed by atoms with Gasteiger partial charge >= 0.3 is 0 Å². The van der Waals surface area contributed by atoms with Crippen molar-refractivity contribution < 1.29 is 6.17 Å². The van der Waals surface area contributed by atoms with Gasteiger partial charge in [-0.1, -0.05) is 6.07 Å². The third-order valence-electron chi connectivity index (χ3n) is 0.622. The minimum atomic E-state index is -0.597. The number of hydrogen-bond acceptors (Lipinski definition) is 2. The van der Waals surface area contributed by atoms with Gasteiger partial charge in [0.15, 0.2) is 6.26 Å². The maximum absolute atomic E-state index is 10.2. The van der Waals surface area contributed by atoms with Crippen LogP contribution in [-0.2, 0) is 0 Å². The van der Waals surface area contributed by atoms with E-state index in [1.807, 2.05) is 0 Å². The zero-order chi connectivity index (χ0) is 5.98. The summed E-state index contributed by atoms with van der Waals surface area (Å²) in [5, 5.41) is 1.78. The van der Waals surface area contributed by atoms with Crippen LogP contribution in [0, 0.1) is 0 Å². The lowest BCUT2D eigenvalue weighted by molar-refractivity contribution is 0.112. The minimum absolute atomic E-state index is 0.505. The highest BCUT2D eigenvalue weighted by molar-refractivity contribution is 7.11. The number of thiophene rings is 1. The van der Waals surface area contributed by atoms with Crippen LogP contribution in [0.2, 0.25) is 0 Å². The van der Waals surface area contributed by atoms with Gasteiger partial charge in [0.2, 0.25) is 0 Å². The van der Waals surface area contributed by atoms with Crippen LogP contribution in [0.3, 0.4) is 0 Å². The van der Waals surface area contributed by atoms with Crippen LogP contribution in [0.1, 0.15) is 11.0 Å². The molecule has 0 aliphatic heterocycles. The van der Waals surface area contributed by atoms with Gasteiger partial charge in [-0.2, -0.15) is 0 Å². The largest absolute Gasteiger partial charge is 0.297 e. The van der Waals surface area contributed by atoms with Crippen molar-refractivity contribution in [3.63, 3.8) is 0 Å². The molecule has 36 valence electrons. The van der Waals surface area contributed by atoms with E-state index in [9.17, 15) is 4.79 Å². The maximum atomic E-state index is 10.2. The minimum Gasteiger partial charge on any atom is -0.297 e. The molecule has 1 aromatic rings. The van der Waals surface area contributed by atoms with Crippen LogP contribution in [-0.4, -0.2) is 6.26 Å². The third-order valence-corrected chi connectivity index (χ3v) is 1.39. The molecule has 0 aliphatic carbocycles. The molecule has 0 radical (unpaired) electrons. The Kier molecular flexibility index (Phi) is 0.912. The average Bonchev–Trinajstić information content (AvgIpc) is 2.12. The Morgan fingerprint density at radius 1 is 2.00 bits per heavy atom. The van der Waals surface area contributed by atoms with Gasteiger partial charge in [-0.25, -0.2) is 0 Å². The van der Waals surface area contributed by atoms with Crippen molar-refractivity contribution in [2.24, 2.45) is 0 Å². The number of rotatable bonds is 1. The first-order valence-corrected chi connectivity index (χ1v) is 2.73. The van der Waals surface area contributed by atoms with Crippen molar-refractivity contribution in [2.45, 2.75) is 0 Å². The molecule has 7 heavy (non-hydrogen) atoms. The van der Waals surface area contributed by atoms with Crippen LogP contribution in [0.25, 0.3) is 0 Å². The lowest BCUT2D eigenvalue weighted by Crippen LogP contribution is -1.61. The lowest BCUT2D eigenvalue weighted by Gasteiger charge is -1.66. The standard InChI is InChI=1S/C5H4OS/c6-4-5-2-1-3-7-5/h1-4H/i4D. The molecule has 0 spiro atoms. The highest BCUT2D eigenvalue weighted by Gasteiger charge is 1.82. The van der Waals surface area contributed by atoms with Crippen LogP contribution < -0.4 is 0 Å². The monoisotopic (exact) mass is 113 g/mol. The van der Waals surface area contributed by atoms with Gasteiger partial charge in [-0.15, -0.1) is 11.3 Å². The fourth-order valence-electron chi connectivity index (χ4n) is 0.337. The smallest absolute Gasteiger partial charge is 0.159 e. The molecule has 0 unspecified atom stereocenters. The molecule has 0 saturated heterocycles. The fraction of sp³-hybridized carbons (Fsp3) is 0. The Balaban J connectivity index is 2.93. The Labute approximate surface area is 47.0 Å². The van der Waals surface area contributed by atoms with E-state index in [1.165, 1.54) is 11.3 Å². The SMILES string of the molecule is [2H]C(=O)c1cccs1. The van der Waals surface area contributed by atoms with Gasteiger partial charge in [-0.3, -0.25) is 4.79 Å². The second-order valence-corrected chi connectivity index (χ2v) is 2.03. The topological polar surface area (TPSA) is 17.1 Å². The van der Waals surface area contributed by atoms with Crippen molar-refractivity contribution in [1.29, 1.82) is 0 Å². The van der Waals surface area contributed by atoms with E-state index in [0.29, 0.717) is 4.88 Å². The van der Waals surface area contributed by atoms with Gasteiger partial charge in [0.25, 0.3) is 0 Å². The number of hydrogen-bond donors (Lipinski definition) is 0. The molecule has 0 fully saturated rings. The van der Waals surface area contributed by atoms with E-state index in [-0.39, 0.29) is 0 Å². The molecule has 1 nitrogen and oxygen atoms in total. The molecule has 1 rings (SSSR count). The first-order valence-electron chi connectivity index (χ1n) is 2.35. The second kappa shape index (κ2) is 1.89. The van der Waals surface area contributed by atoms with Gasteiger partial charge in [0.05, 0.1) is 4.88 Å². The molecule has 0 amide bonds. The van der Waals surface area contributed by atoms with Crippen LogP contribution in [0.15, 0.2) is 17.5 Å². The Hall–Kier alpha value is -0.630. The molecule has 0 bridgehead atoms. The first-order chi connectivity index (χ1) is 3.80. The summed E-state index contributed by atoms with van der Waals surface area (Å²) in [7, 11) is 0. The van der Waals surface area contributed by atoms with Gasteiger partial charge in [-0.05, 0) is 11.4 Å². The normalized spacial score (nSPS) is 10.6. The van der Waals surface area contributed by atoms with Crippen molar-refractivity contribution in [1.82, 2.24) is 0 Å². The molecule has 0 aromatic carbocycles. The Morgan fingerprint density at radius 2 is 2.86 bits per heavy atom. The summed E-state index contributed by atoms with van der Waals surface area (Å²) in [6, 6.07) is 3.40.